The van der Waals surface area contributed by atoms with Gasteiger partial charge >= 0.3 is 11.7 Å². The summed E-state index contributed by atoms with van der Waals surface area (Å²) in [6.07, 6.45) is 1.46. The van der Waals surface area contributed by atoms with Gasteiger partial charge in [-0.3, -0.25) is 10.1 Å². The Hall–Kier alpha value is -2.22. The Balaban J connectivity index is 2.47. The van der Waals surface area contributed by atoms with E-state index in [1.807, 2.05) is 0 Å². The number of aromatic nitrogens is 1. The Morgan fingerprint density at radius 2 is 2.42 bits per heavy atom. The summed E-state index contributed by atoms with van der Waals surface area (Å²) in [6, 6.07) is 0.696. The topological polar surface area (TPSA) is 109 Å². The second kappa shape index (κ2) is 5.19. The zero-order valence-electron chi connectivity index (χ0n) is 10.4. The molecule has 1 fully saturated rings. The van der Waals surface area contributed by atoms with Crippen LogP contribution in [0.25, 0.3) is 0 Å². The number of nitrogens with one attached hydrogen (secondary N) is 1. The van der Waals surface area contributed by atoms with Crippen LogP contribution in [0.2, 0.25) is 0 Å². The number of carbonyl (C=O) groups is 1. The van der Waals surface area contributed by atoms with E-state index in [0.717, 1.165) is 0 Å². The molecule has 0 saturated carbocycles. The van der Waals surface area contributed by atoms with Crippen molar-refractivity contribution in [1.29, 1.82) is 0 Å². The van der Waals surface area contributed by atoms with Crippen LogP contribution in [-0.2, 0) is 4.79 Å². The Morgan fingerprint density at radius 3 is 3.05 bits per heavy atom. The van der Waals surface area contributed by atoms with Gasteiger partial charge in [-0.1, -0.05) is 0 Å². The van der Waals surface area contributed by atoms with E-state index in [9.17, 15) is 20.0 Å². The number of aryl methyl sites for hydroxylation is 1. The number of hydrogen-bond donors (Lipinski definition) is 2. The first-order valence-corrected chi connectivity index (χ1v) is 5.82. The van der Waals surface area contributed by atoms with Crippen LogP contribution in [0.4, 0.5) is 11.5 Å². The summed E-state index contributed by atoms with van der Waals surface area (Å²) in [5.74, 6) is -0.899. The molecule has 0 spiro atoms. The van der Waals surface area contributed by atoms with Crippen molar-refractivity contribution in [1.82, 2.24) is 10.3 Å². The molecule has 1 aliphatic rings. The summed E-state index contributed by atoms with van der Waals surface area (Å²) in [5, 5.41) is 23.3. The molecule has 8 heteroatoms. The smallest absolute Gasteiger partial charge is 0.327 e. The number of carboxylic acid groups (broad SMARTS) is 1. The maximum absolute atomic E-state index is 11.2. The van der Waals surface area contributed by atoms with Crippen molar-refractivity contribution in [3.63, 3.8) is 0 Å². The first-order valence-electron chi connectivity index (χ1n) is 5.82. The van der Waals surface area contributed by atoms with E-state index in [1.54, 1.807) is 13.0 Å². The molecule has 1 aromatic rings. The average molecular weight is 266 g/mol. The Bertz CT molecular complexity index is 519. The summed E-state index contributed by atoms with van der Waals surface area (Å²) in [6.45, 7) is 2.79. The second-order valence-corrected chi connectivity index (χ2v) is 4.31. The molecule has 0 amide bonds. The maximum atomic E-state index is 11.2. The van der Waals surface area contributed by atoms with Gasteiger partial charge in [0.2, 0.25) is 5.82 Å². The second-order valence-electron chi connectivity index (χ2n) is 4.31. The minimum Gasteiger partial charge on any atom is -0.480 e. The predicted octanol–water partition coefficient (Wildman–Crippen LogP) is 0.161. The Kier molecular flexibility index (Phi) is 3.61. The molecule has 0 aromatic carbocycles. The highest BCUT2D eigenvalue weighted by Crippen LogP contribution is 2.30. The lowest BCUT2D eigenvalue weighted by molar-refractivity contribution is -0.384. The van der Waals surface area contributed by atoms with Crippen molar-refractivity contribution >= 4 is 17.5 Å². The molecule has 1 unspecified atom stereocenters. The van der Waals surface area contributed by atoms with Crippen LogP contribution in [0.15, 0.2) is 12.3 Å². The maximum Gasteiger partial charge on any atom is 0.327 e. The number of carboxylic acids is 1. The van der Waals surface area contributed by atoms with Crippen molar-refractivity contribution in [3.05, 3.63) is 27.9 Å². The monoisotopic (exact) mass is 266 g/mol. The minimum atomic E-state index is -1.02. The number of nitro groups is 1. The van der Waals surface area contributed by atoms with Crippen LogP contribution in [0, 0.1) is 17.0 Å². The molecular formula is C11H14N4O4. The van der Waals surface area contributed by atoms with Crippen molar-refractivity contribution in [2.75, 3.05) is 24.5 Å². The summed E-state index contributed by atoms with van der Waals surface area (Å²) < 4.78 is 0. The van der Waals surface area contributed by atoms with Gasteiger partial charge in [0.05, 0.1) is 4.92 Å². The van der Waals surface area contributed by atoms with Gasteiger partial charge < -0.3 is 15.3 Å². The molecule has 2 heterocycles. The van der Waals surface area contributed by atoms with Gasteiger partial charge in [0.15, 0.2) is 0 Å². The largest absolute Gasteiger partial charge is 0.480 e. The van der Waals surface area contributed by atoms with Gasteiger partial charge in [0.25, 0.3) is 0 Å². The molecule has 102 valence electrons. The van der Waals surface area contributed by atoms with E-state index in [-0.39, 0.29) is 18.1 Å². The standard InChI is InChI=1S/C11H14N4O4/c1-7-2-3-13-10(9(7)15(18)19)14-5-4-12-6-8(14)11(16)17/h2-3,8,12H,4-6H2,1H3,(H,16,17). The fourth-order valence-corrected chi connectivity index (χ4v) is 2.15. The zero-order chi connectivity index (χ0) is 14.0. The van der Waals surface area contributed by atoms with Gasteiger partial charge in [0, 0.05) is 31.4 Å². The molecule has 1 aromatic heterocycles. The first-order chi connectivity index (χ1) is 9.02. The molecule has 1 aliphatic heterocycles. The van der Waals surface area contributed by atoms with Crippen molar-refractivity contribution in [2.24, 2.45) is 0 Å². The fraction of sp³-hybridized carbons (Fsp3) is 0.455. The number of aliphatic carboxylic acids is 1. The highest BCUT2D eigenvalue weighted by Gasteiger charge is 2.34. The lowest BCUT2D eigenvalue weighted by atomic mass is 10.1. The molecule has 8 nitrogen and oxygen atoms in total. The van der Waals surface area contributed by atoms with Crippen LogP contribution in [0.5, 0.6) is 0 Å². The lowest BCUT2D eigenvalue weighted by Crippen LogP contribution is -2.55. The summed E-state index contributed by atoms with van der Waals surface area (Å²) in [7, 11) is 0. The van der Waals surface area contributed by atoms with Gasteiger partial charge in [-0.15, -0.1) is 0 Å². The number of anilines is 1. The van der Waals surface area contributed by atoms with Crippen molar-refractivity contribution < 1.29 is 14.8 Å². The van der Waals surface area contributed by atoms with E-state index in [4.69, 9.17) is 0 Å². The quantitative estimate of drug-likeness (QED) is 0.592. The molecule has 1 atom stereocenters. The van der Waals surface area contributed by atoms with Crippen molar-refractivity contribution in [3.8, 4) is 0 Å². The van der Waals surface area contributed by atoms with E-state index < -0.39 is 16.9 Å². The number of nitrogens with zero attached hydrogens (tertiary/aromatic N) is 3. The van der Waals surface area contributed by atoms with Crippen LogP contribution in [0.1, 0.15) is 5.56 Å². The van der Waals surface area contributed by atoms with E-state index in [0.29, 0.717) is 18.7 Å². The van der Waals surface area contributed by atoms with E-state index >= 15 is 0 Å². The summed E-state index contributed by atoms with van der Waals surface area (Å²) in [5.41, 5.74) is 0.341. The third-order valence-electron chi connectivity index (χ3n) is 3.09. The number of pyridine rings is 1. The molecule has 2 N–H and O–H groups in total. The van der Waals surface area contributed by atoms with E-state index in [2.05, 4.69) is 10.3 Å². The summed E-state index contributed by atoms with van der Waals surface area (Å²) >= 11 is 0. The van der Waals surface area contributed by atoms with Crippen molar-refractivity contribution in [2.45, 2.75) is 13.0 Å². The van der Waals surface area contributed by atoms with Gasteiger partial charge in [0.1, 0.15) is 6.04 Å². The summed E-state index contributed by atoms with van der Waals surface area (Å²) in [4.78, 5) is 27.3. The molecule has 1 saturated heterocycles. The Labute approximate surface area is 109 Å². The molecular weight excluding hydrogens is 252 g/mol. The SMILES string of the molecule is Cc1ccnc(N2CCNCC2C(=O)O)c1[N+](=O)[O-]. The molecule has 0 aliphatic carbocycles. The predicted molar refractivity (Wildman–Crippen MR) is 67.3 cm³/mol. The normalized spacial score (nSPS) is 19.2. The average Bonchev–Trinajstić information content (AvgIpc) is 2.37. The third-order valence-corrected chi connectivity index (χ3v) is 3.09. The third kappa shape index (κ3) is 2.48. The number of piperazine rings is 1. The number of hydrogen-bond acceptors (Lipinski definition) is 6. The molecule has 19 heavy (non-hydrogen) atoms. The molecule has 0 radical (unpaired) electrons. The zero-order valence-corrected chi connectivity index (χ0v) is 10.4. The number of rotatable bonds is 3. The van der Waals surface area contributed by atoms with E-state index in [1.165, 1.54) is 11.1 Å². The molecule has 0 bridgehead atoms. The molecule has 2 rings (SSSR count). The van der Waals surface area contributed by atoms with Crippen LogP contribution < -0.4 is 10.2 Å². The fourth-order valence-electron chi connectivity index (χ4n) is 2.15. The first kappa shape index (κ1) is 13.2. The lowest BCUT2D eigenvalue weighted by Gasteiger charge is -2.34. The van der Waals surface area contributed by atoms with Gasteiger partial charge in [-0.05, 0) is 13.0 Å². The highest BCUT2D eigenvalue weighted by molar-refractivity contribution is 5.80. The van der Waals surface area contributed by atoms with Crippen LogP contribution >= 0.6 is 0 Å². The highest BCUT2D eigenvalue weighted by atomic mass is 16.6. The Morgan fingerprint density at radius 1 is 1.68 bits per heavy atom. The van der Waals surface area contributed by atoms with Crippen LogP contribution in [-0.4, -0.2) is 46.7 Å². The van der Waals surface area contributed by atoms with Crippen LogP contribution in [0.3, 0.4) is 0 Å². The van der Waals surface area contributed by atoms with Gasteiger partial charge in [-0.2, -0.15) is 0 Å². The minimum absolute atomic E-state index is 0.124. The van der Waals surface area contributed by atoms with Gasteiger partial charge in [-0.25, -0.2) is 9.78 Å².